The van der Waals surface area contributed by atoms with E-state index in [0.29, 0.717) is 18.4 Å². The molecular formula is C12H20O3. The molecule has 0 heterocycles. The fourth-order valence-corrected chi connectivity index (χ4v) is 2.14. The third-order valence-corrected chi connectivity index (χ3v) is 3.25. The van der Waals surface area contributed by atoms with Crippen molar-refractivity contribution in [2.45, 2.75) is 51.6 Å². The predicted molar refractivity (Wildman–Crippen MR) is 58.5 cm³/mol. The van der Waals surface area contributed by atoms with Crippen LogP contribution in [-0.2, 0) is 9.68 Å². The summed E-state index contributed by atoms with van der Waals surface area (Å²) in [5.41, 5.74) is -0.443. The first-order chi connectivity index (χ1) is 7.04. The standard InChI is InChI=1S/C12H20O3/c1-9(2)10(3)12(15-14)8-6-4-5-7-11(12)13/h9,14H,3-8H2,1-2H3/t12-/m0/s1. The van der Waals surface area contributed by atoms with Crippen molar-refractivity contribution in [1.82, 2.24) is 0 Å². The average Bonchev–Trinajstić information content (AvgIpc) is 2.40. The average molecular weight is 212 g/mol. The van der Waals surface area contributed by atoms with Crippen LogP contribution < -0.4 is 0 Å². The number of rotatable bonds is 3. The second kappa shape index (κ2) is 4.90. The lowest BCUT2D eigenvalue weighted by Gasteiger charge is -2.31. The lowest BCUT2D eigenvalue weighted by atomic mass is 9.80. The normalized spacial score (nSPS) is 27.9. The Balaban J connectivity index is 2.98. The molecule has 0 aromatic carbocycles. The Bertz CT molecular complexity index is 258. The summed E-state index contributed by atoms with van der Waals surface area (Å²) in [4.78, 5) is 16.5. The van der Waals surface area contributed by atoms with Crippen LogP contribution in [0.15, 0.2) is 12.2 Å². The molecule has 0 aliphatic heterocycles. The molecule has 0 radical (unpaired) electrons. The molecule has 0 saturated heterocycles. The number of carbonyl (C=O) groups is 1. The van der Waals surface area contributed by atoms with Crippen molar-refractivity contribution in [1.29, 1.82) is 0 Å². The summed E-state index contributed by atoms with van der Waals surface area (Å²) in [6, 6.07) is 0. The van der Waals surface area contributed by atoms with E-state index in [-0.39, 0.29) is 11.7 Å². The van der Waals surface area contributed by atoms with Crippen LogP contribution in [0.4, 0.5) is 0 Å². The van der Waals surface area contributed by atoms with Gasteiger partial charge in [0, 0.05) is 6.42 Å². The number of Topliss-reactive ketones (excluding diaryl/α,β-unsaturated/α-hetero) is 1. The first-order valence-electron chi connectivity index (χ1n) is 5.59. The highest BCUT2D eigenvalue weighted by Crippen LogP contribution is 2.35. The van der Waals surface area contributed by atoms with E-state index in [4.69, 9.17) is 5.26 Å². The first kappa shape index (κ1) is 12.4. The Morgan fingerprint density at radius 2 is 2.13 bits per heavy atom. The summed E-state index contributed by atoms with van der Waals surface area (Å²) in [6.07, 6.45) is 3.83. The number of ketones is 1. The molecular weight excluding hydrogens is 192 g/mol. The van der Waals surface area contributed by atoms with Gasteiger partial charge in [0.2, 0.25) is 0 Å². The minimum absolute atomic E-state index is 0.0267. The van der Waals surface area contributed by atoms with Gasteiger partial charge in [-0.15, -0.1) is 0 Å². The SMILES string of the molecule is C=C(C(C)C)[C@@]1(OO)CCCCCC1=O. The van der Waals surface area contributed by atoms with Crippen LogP contribution >= 0.6 is 0 Å². The van der Waals surface area contributed by atoms with Gasteiger partial charge < -0.3 is 0 Å². The van der Waals surface area contributed by atoms with Crippen molar-refractivity contribution in [3.05, 3.63) is 12.2 Å². The van der Waals surface area contributed by atoms with E-state index in [1.807, 2.05) is 13.8 Å². The second-order valence-corrected chi connectivity index (χ2v) is 4.58. The Morgan fingerprint density at radius 3 is 2.67 bits per heavy atom. The highest BCUT2D eigenvalue weighted by atomic mass is 17.1. The van der Waals surface area contributed by atoms with Gasteiger partial charge in [0.05, 0.1) is 0 Å². The van der Waals surface area contributed by atoms with Gasteiger partial charge in [-0.2, -0.15) is 0 Å². The van der Waals surface area contributed by atoms with Crippen molar-refractivity contribution < 1.29 is 14.9 Å². The maximum Gasteiger partial charge on any atom is 0.182 e. The third-order valence-electron chi connectivity index (χ3n) is 3.25. The monoisotopic (exact) mass is 212 g/mol. The van der Waals surface area contributed by atoms with Gasteiger partial charge in [-0.1, -0.05) is 26.8 Å². The Morgan fingerprint density at radius 1 is 1.47 bits per heavy atom. The van der Waals surface area contributed by atoms with Crippen LogP contribution in [0.1, 0.15) is 46.0 Å². The maximum absolute atomic E-state index is 12.0. The zero-order valence-electron chi connectivity index (χ0n) is 9.58. The summed E-state index contributed by atoms with van der Waals surface area (Å²) in [5, 5.41) is 9.07. The molecule has 1 fully saturated rings. The van der Waals surface area contributed by atoms with E-state index in [1.165, 1.54) is 0 Å². The molecule has 0 amide bonds. The third kappa shape index (κ3) is 2.29. The predicted octanol–water partition coefficient (Wildman–Crippen LogP) is 2.96. The van der Waals surface area contributed by atoms with Crippen LogP contribution in [-0.4, -0.2) is 16.6 Å². The second-order valence-electron chi connectivity index (χ2n) is 4.58. The number of hydrogen-bond acceptors (Lipinski definition) is 3. The molecule has 3 nitrogen and oxygen atoms in total. The van der Waals surface area contributed by atoms with Crippen molar-refractivity contribution >= 4 is 5.78 Å². The van der Waals surface area contributed by atoms with Crippen LogP contribution in [0, 0.1) is 5.92 Å². The van der Waals surface area contributed by atoms with E-state index in [2.05, 4.69) is 11.5 Å². The van der Waals surface area contributed by atoms with Gasteiger partial charge >= 0.3 is 0 Å². The van der Waals surface area contributed by atoms with Gasteiger partial charge in [0.25, 0.3) is 0 Å². The molecule has 1 N–H and O–H groups in total. The summed E-state index contributed by atoms with van der Waals surface area (Å²) < 4.78 is 0. The van der Waals surface area contributed by atoms with Crippen LogP contribution in [0.3, 0.4) is 0 Å². The zero-order valence-corrected chi connectivity index (χ0v) is 9.58. The largest absolute Gasteiger partial charge is 0.296 e. The fourth-order valence-electron chi connectivity index (χ4n) is 2.14. The van der Waals surface area contributed by atoms with Crippen LogP contribution in [0.25, 0.3) is 0 Å². The summed E-state index contributed by atoms with van der Waals surface area (Å²) >= 11 is 0. The molecule has 1 aliphatic carbocycles. The fraction of sp³-hybridized carbons (Fsp3) is 0.750. The van der Waals surface area contributed by atoms with E-state index < -0.39 is 5.60 Å². The van der Waals surface area contributed by atoms with Crippen LogP contribution in [0.5, 0.6) is 0 Å². The lowest BCUT2D eigenvalue weighted by molar-refractivity contribution is -0.302. The van der Waals surface area contributed by atoms with Crippen molar-refractivity contribution in [2.75, 3.05) is 0 Å². The van der Waals surface area contributed by atoms with E-state index >= 15 is 0 Å². The van der Waals surface area contributed by atoms with E-state index in [9.17, 15) is 4.79 Å². The maximum atomic E-state index is 12.0. The molecule has 1 atom stereocenters. The van der Waals surface area contributed by atoms with Gasteiger partial charge in [-0.25, -0.2) is 4.89 Å². The summed E-state index contributed by atoms with van der Waals surface area (Å²) in [6.45, 7) is 7.83. The molecule has 0 bridgehead atoms. The molecule has 1 saturated carbocycles. The van der Waals surface area contributed by atoms with Crippen LogP contribution in [0.2, 0.25) is 0 Å². The molecule has 0 unspecified atom stereocenters. The molecule has 0 aromatic heterocycles. The van der Waals surface area contributed by atoms with Crippen molar-refractivity contribution in [3.63, 3.8) is 0 Å². The summed E-state index contributed by atoms with van der Waals surface area (Å²) in [5.74, 6) is 0.111. The van der Waals surface area contributed by atoms with Gasteiger partial charge in [0.1, 0.15) is 0 Å². The van der Waals surface area contributed by atoms with Gasteiger partial charge in [-0.3, -0.25) is 10.1 Å². The van der Waals surface area contributed by atoms with Crippen molar-refractivity contribution in [2.24, 2.45) is 5.92 Å². The zero-order chi connectivity index (χ0) is 11.5. The first-order valence-corrected chi connectivity index (χ1v) is 5.59. The minimum Gasteiger partial charge on any atom is -0.296 e. The van der Waals surface area contributed by atoms with Gasteiger partial charge in [0.15, 0.2) is 11.4 Å². The Kier molecular flexibility index (Phi) is 4.05. The molecule has 15 heavy (non-hydrogen) atoms. The molecule has 1 aliphatic rings. The summed E-state index contributed by atoms with van der Waals surface area (Å²) in [7, 11) is 0. The van der Waals surface area contributed by atoms with E-state index in [1.54, 1.807) is 0 Å². The lowest BCUT2D eigenvalue weighted by Crippen LogP contribution is -2.43. The molecule has 86 valence electrons. The quantitative estimate of drug-likeness (QED) is 0.338. The Labute approximate surface area is 91.1 Å². The smallest absolute Gasteiger partial charge is 0.182 e. The minimum atomic E-state index is -1.13. The highest BCUT2D eigenvalue weighted by Gasteiger charge is 2.43. The van der Waals surface area contributed by atoms with Gasteiger partial charge in [-0.05, 0) is 30.8 Å². The number of carbonyl (C=O) groups excluding carboxylic acids is 1. The van der Waals surface area contributed by atoms with Crippen molar-refractivity contribution in [3.8, 4) is 0 Å². The highest BCUT2D eigenvalue weighted by molar-refractivity contribution is 5.90. The number of hydrogen-bond donors (Lipinski definition) is 1. The Hall–Kier alpha value is -0.670. The topological polar surface area (TPSA) is 46.5 Å². The molecule has 1 rings (SSSR count). The van der Waals surface area contributed by atoms with E-state index in [0.717, 1.165) is 19.3 Å². The molecule has 0 spiro atoms. The molecule has 3 heteroatoms. The molecule has 0 aromatic rings.